The Morgan fingerprint density at radius 3 is 3.21 bits per heavy atom. The number of nitrogens with zero attached hydrogens (tertiary/aromatic N) is 1. The quantitative estimate of drug-likeness (QED) is 0.710. The number of Topliss-reactive ketones (excluding diaryl/α,β-unsaturated/α-hetero) is 1. The third-order valence-electron chi connectivity index (χ3n) is 2.09. The van der Waals surface area contributed by atoms with Crippen molar-refractivity contribution in [3.8, 4) is 0 Å². The van der Waals surface area contributed by atoms with Gasteiger partial charge in [-0.25, -0.2) is 0 Å². The summed E-state index contributed by atoms with van der Waals surface area (Å²) in [5.41, 5.74) is 7.68. The highest BCUT2D eigenvalue weighted by atomic mass is 16.1. The van der Waals surface area contributed by atoms with Crippen molar-refractivity contribution in [1.29, 1.82) is 0 Å². The summed E-state index contributed by atoms with van der Waals surface area (Å²) in [6, 6.07) is 3.67. The number of fused-ring (bicyclic) bond motifs is 1. The van der Waals surface area contributed by atoms with Crippen molar-refractivity contribution in [2.45, 2.75) is 6.42 Å². The van der Waals surface area contributed by atoms with Gasteiger partial charge in [-0.2, -0.15) is 0 Å². The molecule has 0 aliphatic heterocycles. The molecule has 2 aromatic rings. The highest BCUT2D eigenvalue weighted by Crippen LogP contribution is 2.11. The summed E-state index contributed by atoms with van der Waals surface area (Å²) in [6.45, 7) is 0.377. The number of nitrogens with two attached hydrogens (primary N) is 1. The Hall–Kier alpha value is -1.68. The molecule has 0 aliphatic rings. The van der Waals surface area contributed by atoms with Crippen LogP contribution in [0, 0.1) is 0 Å². The molecule has 0 atom stereocenters. The van der Waals surface area contributed by atoms with E-state index in [9.17, 15) is 4.79 Å². The van der Waals surface area contributed by atoms with Crippen LogP contribution in [0.4, 0.5) is 0 Å². The first-order chi connectivity index (χ1) is 6.81. The summed E-state index contributed by atoms with van der Waals surface area (Å²) in [7, 11) is 0. The van der Waals surface area contributed by atoms with Gasteiger partial charge in [0.1, 0.15) is 0 Å². The van der Waals surface area contributed by atoms with E-state index in [2.05, 4.69) is 9.97 Å². The molecule has 0 spiro atoms. The Bertz CT molecular complexity index is 461. The van der Waals surface area contributed by atoms with Crippen molar-refractivity contribution >= 4 is 16.8 Å². The number of ketones is 1. The Kier molecular flexibility index (Phi) is 2.28. The fourth-order valence-corrected chi connectivity index (χ4v) is 1.36. The minimum Gasteiger partial charge on any atom is -0.360 e. The van der Waals surface area contributed by atoms with Gasteiger partial charge in [-0.15, -0.1) is 0 Å². The van der Waals surface area contributed by atoms with Crippen LogP contribution < -0.4 is 5.73 Å². The van der Waals surface area contributed by atoms with Crippen molar-refractivity contribution < 1.29 is 4.79 Å². The Morgan fingerprint density at radius 1 is 1.57 bits per heavy atom. The van der Waals surface area contributed by atoms with Crippen LogP contribution in [0.2, 0.25) is 0 Å². The second-order valence-electron chi connectivity index (χ2n) is 3.10. The number of H-pyrrole nitrogens is 1. The molecule has 0 amide bonds. The maximum Gasteiger partial charge on any atom is 0.165 e. The fraction of sp³-hybridized carbons (Fsp3) is 0.200. The minimum atomic E-state index is 0.0384. The summed E-state index contributed by atoms with van der Waals surface area (Å²) in [5, 5.41) is 0. The molecule has 2 rings (SSSR count). The summed E-state index contributed by atoms with van der Waals surface area (Å²) < 4.78 is 0. The van der Waals surface area contributed by atoms with E-state index in [4.69, 9.17) is 5.73 Å². The third kappa shape index (κ3) is 1.52. The number of aromatic nitrogens is 2. The van der Waals surface area contributed by atoms with Crippen LogP contribution in [0.15, 0.2) is 24.5 Å². The van der Waals surface area contributed by atoms with E-state index in [-0.39, 0.29) is 5.78 Å². The average molecular weight is 189 g/mol. The maximum atomic E-state index is 11.5. The molecule has 0 saturated carbocycles. The molecule has 0 saturated heterocycles. The molecule has 14 heavy (non-hydrogen) atoms. The zero-order valence-corrected chi connectivity index (χ0v) is 7.66. The number of pyridine rings is 1. The molecule has 0 radical (unpaired) electrons. The molecular weight excluding hydrogens is 178 g/mol. The Labute approximate surface area is 81.1 Å². The zero-order chi connectivity index (χ0) is 9.97. The monoisotopic (exact) mass is 189 g/mol. The highest BCUT2D eigenvalue weighted by Gasteiger charge is 2.06. The number of aromatic amines is 1. The molecule has 4 nitrogen and oxygen atoms in total. The van der Waals surface area contributed by atoms with Crippen LogP contribution >= 0.6 is 0 Å². The molecule has 3 N–H and O–H groups in total. The SMILES string of the molecule is NCCC(=O)c1cnc2cc[nH]c2c1. The van der Waals surface area contributed by atoms with Gasteiger partial charge in [0, 0.05) is 24.4 Å². The topological polar surface area (TPSA) is 71.8 Å². The third-order valence-corrected chi connectivity index (χ3v) is 2.09. The van der Waals surface area contributed by atoms with Crippen LogP contribution in [0.25, 0.3) is 11.0 Å². The molecule has 2 heterocycles. The van der Waals surface area contributed by atoms with E-state index in [0.717, 1.165) is 11.0 Å². The van der Waals surface area contributed by atoms with Gasteiger partial charge in [0.2, 0.25) is 0 Å². The van der Waals surface area contributed by atoms with Crippen LogP contribution in [0.1, 0.15) is 16.8 Å². The highest BCUT2D eigenvalue weighted by molar-refractivity contribution is 5.98. The van der Waals surface area contributed by atoms with Crippen molar-refractivity contribution in [3.05, 3.63) is 30.1 Å². The first kappa shape index (κ1) is 8.90. The molecule has 0 aliphatic carbocycles. The largest absolute Gasteiger partial charge is 0.360 e. The number of hydrogen-bond donors (Lipinski definition) is 2. The number of carbonyl (C=O) groups is 1. The van der Waals surface area contributed by atoms with E-state index in [1.807, 2.05) is 6.07 Å². The van der Waals surface area contributed by atoms with Gasteiger partial charge in [0.15, 0.2) is 5.78 Å². The van der Waals surface area contributed by atoms with Crippen molar-refractivity contribution in [2.75, 3.05) is 6.54 Å². The molecular formula is C10H11N3O. The Morgan fingerprint density at radius 2 is 2.43 bits per heavy atom. The predicted octanol–water partition coefficient (Wildman–Crippen LogP) is 1.09. The molecule has 0 aromatic carbocycles. The van der Waals surface area contributed by atoms with Crippen LogP contribution in [0.3, 0.4) is 0 Å². The van der Waals surface area contributed by atoms with E-state index in [1.165, 1.54) is 0 Å². The van der Waals surface area contributed by atoms with E-state index in [1.54, 1.807) is 18.5 Å². The number of carbonyl (C=O) groups excluding carboxylic acids is 1. The first-order valence-electron chi connectivity index (χ1n) is 4.47. The number of hydrogen-bond acceptors (Lipinski definition) is 3. The minimum absolute atomic E-state index is 0.0384. The van der Waals surface area contributed by atoms with Gasteiger partial charge in [-0.1, -0.05) is 0 Å². The second-order valence-corrected chi connectivity index (χ2v) is 3.10. The normalized spacial score (nSPS) is 10.6. The number of rotatable bonds is 3. The van der Waals surface area contributed by atoms with Crippen LogP contribution in [0.5, 0.6) is 0 Å². The zero-order valence-electron chi connectivity index (χ0n) is 7.66. The molecule has 0 fully saturated rings. The molecule has 0 bridgehead atoms. The van der Waals surface area contributed by atoms with Gasteiger partial charge < -0.3 is 10.7 Å². The summed E-state index contributed by atoms with van der Waals surface area (Å²) in [5.74, 6) is 0.0384. The lowest BCUT2D eigenvalue weighted by molar-refractivity contribution is 0.0985. The molecule has 2 aromatic heterocycles. The van der Waals surface area contributed by atoms with E-state index < -0.39 is 0 Å². The lowest BCUT2D eigenvalue weighted by atomic mass is 10.1. The van der Waals surface area contributed by atoms with Crippen molar-refractivity contribution in [2.24, 2.45) is 5.73 Å². The van der Waals surface area contributed by atoms with Crippen LogP contribution in [-0.4, -0.2) is 22.3 Å². The number of nitrogens with one attached hydrogen (secondary N) is 1. The van der Waals surface area contributed by atoms with Crippen molar-refractivity contribution in [3.63, 3.8) is 0 Å². The molecule has 72 valence electrons. The summed E-state index contributed by atoms with van der Waals surface area (Å²) in [4.78, 5) is 18.6. The fourth-order valence-electron chi connectivity index (χ4n) is 1.36. The summed E-state index contributed by atoms with van der Waals surface area (Å²) in [6.07, 6.45) is 3.76. The molecule has 0 unspecified atom stereocenters. The average Bonchev–Trinajstić information content (AvgIpc) is 2.64. The predicted molar refractivity (Wildman–Crippen MR) is 54.1 cm³/mol. The van der Waals surface area contributed by atoms with Crippen LogP contribution in [-0.2, 0) is 0 Å². The smallest absolute Gasteiger partial charge is 0.165 e. The molecule has 4 heteroatoms. The van der Waals surface area contributed by atoms with Gasteiger partial charge >= 0.3 is 0 Å². The van der Waals surface area contributed by atoms with Gasteiger partial charge in [-0.05, 0) is 18.7 Å². The first-order valence-corrected chi connectivity index (χ1v) is 4.47. The van der Waals surface area contributed by atoms with Gasteiger partial charge in [-0.3, -0.25) is 9.78 Å². The van der Waals surface area contributed by atoms with E-state index in [0.29, 0.717) is 18.5 Å². The van der Waals surface area contributed by atoms with Gasteiger partial charge in [0.05, 0.1) is 11.0 Å². The lowest BCUT2D eigenvalue weighted by Crippen LogP contribution is -2.08. The second kappa shape index (κ2) is 3.59. The van der Waals surface area contributed by atoms with Gasteiger partial charge in [0.25, 0.3) is 0 Å². The maximum absolute atomic E-state index is 11.5. The summed E-state index contributed by atoms with van der Waals surface area (Å²) >= 11 is 0. The van der Waals surface area contributed by atoms with Crippen molar-refractivity contribution in [1.82, 2.24) is 9.97 Å². The Balaban J connectivity index is 2.38. The lowest BCUT2D eigenvalue weighted by Gasteiger charge is -1.98. The van der Waals surface area contributed by atoms with E-state index >= 15 is 0 Å². The standard InChI is InChI=1S/C10H11N3O/c11-3-1-10(14)7-5-9-8(13-6-7)2-4-12-9/h2,4-6,12H,1,3,11H2.